The number of aryl methyl sites for hydroxylation is 1. The van der Waals surface area contributed by atoms with Crippen molar-refractivity contribution in [3.63, 3.8) is 0 Å². The summed E-state index contributed by atoms with van der Waals surface area (Å²) in [4.78, 5) is 10.7. The van der Waals surface area contributed by atoms with E-state index in [1.165, 1.54) is 11.8 Å². The molecule has 6 nitrogen and oxygen atoms in total. The first kappa shape index (κ1) is 15.3. The first-order valence-corrected chi connectivity index (χ1v) is 7.74. The zero-order valence-electron chi connectivity index (χ0n) is 12.3. The van der Waals surface area contributed by atoms with Crippen LogP contribution in [0, 0.1) is 12.3 Å². The van der Waals surface area contributed by atoms with Gasteiger partial charge in [-0.2, -0.15) is 0 Å². The second-order valence-electron chi connectivity index (χ2n) is 5.60. The highest BCUT2D eigenvalue weighted by Crippen LogP contribution is 2.52. The Morgan fingerprint density at radius 2 is 2.25 bits per heavy atom. The maximum atomic E-state index is 10.7. The van der Waals surface area contributed by atoms with E-state index in [1.807, 2.05) is 13.8 Å². The van der Waals surface area contributed by atoms with Crippen LogP contribution in [0.4, 0.5) is 0 Å². The second kappa shape index (κ2) is 5.73. The lowest BCUT2D eigenvalue weighted by Crippen LogP contribution is -2.51. The summed E-state index contributed by atoms with van der Waals surface area (Å²) >= 11 is 1.22. The molecule has 0 spiro atoms. The molecular weight excluding hydrogens is 278 g/mol. The highest BCUT2D eigenvalue weighted by molar-refractivity contribution is 7.99. The van der Waals surface area contributed by atoms with Gasteiger partial charge in [0.15, 0.2) is 5.16 Å². The van der Waals surface area contributed by atoms with Crippen molar-refractivity contribution in [3.8, 4) is 0 Å². The number of aliphatic carboxylic acids is 1. The fraction of sp³-hybridized carbons (Fsp3) is 0.769. The van der Waals surface area contributed by atoms with E-state index in [0.717, 1.165) is 12.2 Å². The normalized spacial score (nSPS) is 24.4. The topological polar surface area (TPSA) is 77.2 Å². The molecule has 1 fully saturated rings. The van der Waals surface area contributed by atoms with Crippen molar-refractivity contribution in [3.05, 3.63) is 5.82 Å². The summed E-state index contributed by atoms with van der Waals surface area (Å²) in [5.41, 5.74) is 0.00167. The van der Waals surface area contributed by atoms with Crippen LogP contribution in [-0.4, -0.2) is 44.3 Å². The van der Waals surface area contributed by atoms with Gasteiger partial charge in [-0.3, -0.25) is 4.79 Å². The van der Waals surface area contributed by atoms with Gasteiger partial charge >= 0.3 is 5.97 Å². The quantitative estimate of drug-likeness (QED) is 0.811. The van der Waals surface area contributed by atoms with E-state index in [-0.39, 0.29) is 23.3 Å². The van der Waals surface area contributed by atoms with Gasteiger partial charge in [-0.25, -0.2) is 0 Å². The van der Waals surface area contributed by atoms with Gasteiger partial charge < -0.3 is 14.4 Å². The van der Waals surface area contributed by atoms with Gasteiger partial charge in [-0.1, -0.05) is 25.6 Å². The lowest BCUT2D eigenvalue weighted by molar-refractivity contribution is -0.134. The van der Waals surface area contributed by atoms with Crippen molar-refractivity contribution in [1.82, 2.24) is 14.8 Å². The van der Waals surface area contributed by atoms with Crippen molar-refractivity contribution in [1.29, 1.82) is 0 Å². The zero-order valence-corrected chi connectivity index (χ0v) is 13.1. The molecule has 0 aromatic carbocycles. The average molecular weight is 299 g/mol. The molecule has 1 aliphatic carbocycles. The molecule has 0 saturated heterocycles. The molecule has 1 aliphatic rings. The summed E-state index contributed by atoms with van der Waals surface area (Å²) in [6.07, 6.45) is 1.15. The third-order valence-electron chi connectivity index (χ3n) is 3.97. The zero-order chi connectivity index (χ0) is 14.9. The molecule has 0 bridgehead atoms. The molecule has 1 heterocycles. The van der Waals surface area contributed by atoms with E-state index in [1.54, 1.807) is 0 Å². The number of ether oxygens (including phenoxy) is 1. The van der Waals surface area contributed by atoms with Gasteiger partial charge in [-0.15, -0.1) is 10.2 Å². The number of carbonyl (C=O) groups is 1. The summed E-state index contributed by atoms with van der Waals surface area (Å²) < 4.78 is 7.80. The van der Waals surface area contributed by atoms with Gasteiger partial charge in [0.05, 0.1) is 11.9 Å². The first-order valence-electron chi connectivity index (χ1n) is 6.75. The highest BCUT2D eigenvalue weighted by atomic mass is 32.2. The van der Waals surface area contributed by atoms with Crippen LogP contribution in [0.3, 0.4) is 0 Å². The number of nitrogens with zero attached hydrogens (tertiary/aromatic N) is 3. The van der Waals surface area contributed by atoms with Crippen LogP contribution in [0.2, 0.25) is 0 Å². The Balaban J connectivity index is 2.17. The fourth-order valence-electron chi connectivity index (χ4n) is 2.72. The molecule has 1 aromatic heterocycles. The predicted molar refractivity (Wildman–Crippen MR) is 76.0 cm³/mol. The summed E-state index contributed by atoms with van der Waals surface area (Å²) in [5.74, 6) is -0.0200. The maximum Gasteiger partial charge on any atom is 0.313 e. The Morgan fingerprint density at radius 1 is 1.55 bits per heavy atom. The molecule has 20 heavy (non-hydrogen) atoms. The Labute approximate surface area is 122 Å². The van der Waals surface area contributed by atoms with Crippen LogP contribution in [-0.2, 0) is 9.53 Å². The smallest absolute Gasteiger partial charge is 0.313 e. The third-order valence-corrected chi connectivity index (χ3v) is 4.89. The Morgan fingerprint density at radius 3 is 2.80 bits per heavy atom. The standard InChI is InChI=1S/C13H21N3O3S/c1-5-19-10-6-9(13(10,3)4)16-8(2)14-15-12(16)20-7-11(17)18/h9-10H,5-7H2,1-4H3,(H,17,18). The molecule has 0 aliphatic heterocycles. The summed E-state index contributed by atoms with van der Waals surface area (Å²) in [6, 6.07) is 0.255. The number of thioether (sulfide) groups is 1. The van der Waals surface area contributed by atoms with Crippen LogP contribution < -0.4 is 0 Å². The molecule has 1 N–H and O–H groups in total. The molecule has 112 valence electrons. The lowest BCUT2D eigenvalue weighted by atomic mass is 9.64. The van der Waals surface area contributed by atoms with E-state index in [0.29, 0.717) is 11.8 Å². The van der Waals surface area contributed by atoms with Crippen LogP contribution in [0.15, 0.2) is 5.16 Å². The Hall–Kier alpha value is -1.08. The predicted octanol–water partition coefficient (Wildman–Crippen LogP) is 2.14. The first-order chi connectivity index (χ1) is 9.37. The van der Waals surface area contributed by atoms with Crippen LogP contribution >= 0.6 is 11.8 Å². The molecule has 2 atom stereocenters. The van der Waals surface area contributed by atoms with Gasteiger partial charge in [0.25, 0.3) is 0 Å². The number of hydrogen-bond acceptors (Lipinski definition) is 5. The number of hydrogen-bond donors (Lipinski definition) is 1. The number of carboxylic acid groups (broad SMARTS) is 1. The molecule has 1 aromatic rings. The lowest BCUT2D eigenvalue weighted by Gasteiger charge is -2.52. The molecular formula is C13H21N3O3S. The van der Waals surface area contributed by atoms with Crippen molar-refractivity contribution in [2.75, 3.05) is 12.4 Å². The van der Waals surface area contributed by atoms with E-state index in [2.05, 4.69) is 28.6 Å². The third kappa shape index (κ3) is 2.69. The molecule has 0 radical (unpaired) electrons. The molecule has 7 heteroatoms. The minimum atomic E-state index is -0.845. The van der Waals surface area contributed by atoms with Crippen LogP contribution in [0.1, 0.15) is 39.1 Å². The second-order valence-corrected chi connectivity index (χ2v) is 6.54. The summed E-state index contributed by atoms with van der Waals surface area (Å²) in [6.45, 7) is 8.96. The molecule has 2 rings (SSSR count). The Kier molecular flexibility index (Phi) is 4.39. The van der Waals surface area contributed by atoms with E-state index in [4.69, 9.17) is 9.84 Å². The van der Waals surface area contributed by atoms with E-state index >= 15 is 0 Å². The van der Waals surface area contributed by atoms with Crippen LogP contribution in [0.25, 0.3) is 0 Å². The van der Waals surface area contributed by atoms with Gasteiger partial charge in [0.1, 0.15) is 5.82 Å². The number of rotatable bonds is 6. The van der Waals surface area contributed by atoms with Crippen molar-refractivity contribution < 1.29 is 14.6 Å². The Bertz CT molecular complexity index is 501. The summed E-state index contributed by atoms with van der Waals surface area (Å²) in [5, 5.41) is 17.7. The molecule has 0 amide bonds. The van der Waals surface area contributed by atoms with Gasteiger partial charge in [-0.05, 0) is 20.3 Å². The number of carboxylic acids is 1. The number of aromatic nitrogens is 3. The van der Waals surface area contributed by atoms with Crippen LogP contribution in [0.5, 0.6) is 0 Å². The van der Waals surface area contributed by atoms with Crippen molar-refractivity contribution in [2.45, 2.75) is 51.4 Å². The molecule has 1 saturated carbocycles. The van der Waals surface area contributed by atoms with E-state index in [9.17, 15) is 4.79 Å². The van der Waals surface area contributed by atoms with E-state index < -0.39 is 5.97 Å². The average Bonchev–Trinajstić information content (AvgIpc) is 2.72. The minimum Gasteiger partial charge on any atom is -0.481 e. The summed E-state index contributed by atoms with van der Waals surface area (Å²) in [7, 11) is 0. The highest BCUT2D eigenvalue weighted by Gasteiger charge is 2.51. The van der Waals surface area contributed by atoms with Gasteiger partial charge in [0, 0.05) is 18.1 Å². The fourth-order valence-corrected chi connectivity index (χ4v) is 3.47. The largest absolute Gasteiger partial charge is 0.481 e. The van der Waals surface area contributed by atoms with Crippen molar-refractivity contribution >= 4 is 17.7 Å². The SMILES string of the molecule is CCOC1CC(n2c(C)nnc2SCC(=O)O)C1(C)C. The van der Waals surface area contributed by atoms with Crippen molar-refractivity contribution in [2.24, 2.45) is 5.41 Å². The minimum absolute atomic E-state index is 0.000169. The molecule has 2 unspecified atom stereocenters. The van der Waals surface area contributed by atoms with Gasteiger partial charge in [0.2, 0.25) is 0 Å². The maximum absolute atomic E-state index is 10.7. The monoisotopic (exact) mass is 299 g/mol.